The van der Waals surface area contributed by atoms with Crippen molar-refractivity contribution in [2.45, 2.75) is 40.0 Å². The van der Waals surface area contributed by atoms with E-state index in [4.69, 9.17) is 0 Å². The van der Waals surface area contributed by atoms with Gasteiger partial charge in [0, 0.05) is 5.41 Å². The van der Waals surface area contributed by atoms with Crippen LogP contribution in [0.15, 0.2) is 23.2 Å². The number of aromatic nitrogens is 3. The maximum absolute atomic E-state index is 4.52. The maximum Gasteiger partial charge on any atom is 0.127 e. The molecule has 19 heavy (non-hydrogen) atoms. The number of aryl methyl sites for hydroxylation is 2. The molecule has 0 amide bonds. The quantitative estimate of drug-likeness (QED) is 0.836. The highest BCUT2D eigenvalue weighted by atomic mass is 15.3. The minimum Gasteiger partial charge on any atom is -0.254 e. The normalized spacial score (nSPS) is 12.3. The summed E-state index contributed by atoms with van der Waals surface area (Å²) in [6, 6.07) is 6.21. The molecule has 0 unspecified atom stereocenters. The second kappa shape index (κ2) is 4.96. The van der Waals surface area contributed by atoms with E-state index in [2.05, 4.69) is 67.2 Å². The number of rotatable bonds is 2. The van der Waals surface area contributed by atoms with Crippen molar-refractivity contribution in [3.8, 4) is 0 Å². The van der Waals surface area contributed by atoms with Gasteiger partial charge in [0.15, 0.2) is 0 Å². The van der Waals surface area contributed by atoms with Crippen molar-refractivity contribution in [1.29, 1.82) is 0 Å². The van der Waals surface area contributed by atoms with E-state index >= 15 is 0 Å². The van der Waals surface area contributed by atoms with Crippen molar-refractivity contribution in [1.82, 2.24) is 15.4 Å². The van der Waals surface area contributed by atoms with E-state index in [1.807, 2.05) is 6.07 Å². The molecule has 0 radical (unpaired) electrons. The highest BCUT2D eigenvalue weighted by molar-refractivity contribution is 5.81. The minimum absolute atomic E-state index is 0.0450. The first-order valence-corrected chi connectivity index (χ1v) is 6.40. The van der Waals surface area contributed by atoms with Crippen LogP contribution in [0, 0.1) is 13.8 Å². The first-order chi connectivity index (χ1) is 8.88. The van der Waals surface area contributed by atoms with E-state index in [0.717, 1.165) is 22.6 Å². The van der Waals surface area contributed by atoms with Crippen LogP contribution in [0.3, 0.4) is 0 Å². The lowest BCUT2D eigenvalue weighted by molar-refractivity contribution is 0.566. The molecule has 100 valence electrons. The van der Waals surface area contributed by atoms with Crippen LogP contribution in [0.1, 0.15) is 43.3 Å². The van der Waals surface area contributed by atoms with Gasteiger partial charge in [-0.3, -0.25) is 4.99 Å². The molecule has 0 aliphatic carbocycles. The summed E-state index contributed by atoms with van der Waals surface area (Å²) in [5, 5.41) is 11.0. The van der Waals surface area contributed by atoms with E-state index < -0.39 is 0 Å². The molecule has 1 N–H and O–H groups in total. The predicted octanol–water partition coefficient (Wildman–Crippen LogP) is 3.47. The Hall–Kier alpha value is -1.97. The van der Waals surface area contributed by atoms with E-state index in [1.165, 1.54) is 5.56 Å². The molecular formula is C15H20N4. The Morgan fingerprint density at radius 1 is 1.16 bits per heavy atom. The molecule has 0 spiro atoms. The molecule has 0 saturated carbocycles. The smallest absolute Gasteiger partial charge is 0.127 e. The molecule has 0 bridgehead atoms. The molecule has 1 aromatic carbocycles. The minimum atomic E-state index is -0.0450. The number of nitrogens with zero attached hydrogens (tertiary/aromatic N) is 3. The molecule has 4 nitrogen and oxygen atoms in total. The average molecular weight is 256 g/mol. The summed E-state index contributed by atoms with van der Waals surface area (Å²) in [7, 11) is 0. The molecule has 0 atom stereocenters. The lowest BCUT2D eigenvalue weighted by Crippen LogP contribution is -2.14. The summed E-state index contributed by atoms with van der Waals surface area (Å²) in [6.45, 7) is 10.5. The van der Waals surface area contributed by atoms with Gasteiger partial charge in [-0.15, -0.1) is 0 Å². The van der Waals surface area contributed by atoms with Gasteiger partial charge in [-0.1, -0.05) is 38.5 Å². The molecule has 2 rings (SSSR count). The molecule has 1 aromatic heterocycles. The molecule has 0 aliphatic rings. The second-order valence-corrected chi connectivity index (χ2v) is 5.86. The van der Waals surface area contributed by atoms with Crippen molar-refractivity contribution in [2.24, 2.45) is 4.99 Å². The molecule has 0 fully saturated rings. The Morgan fingerprint density at radius 2 is 1.89 bits per heavy atom. The third kappa shape index (κ3) is 3.08. The van der Waals surface area contributed by atoms with Gasteiger partial charge in [0.05, 0.1) is 17.6 Å². The summed E-state index contributed by atoms with van der Waals surface area (Å²) in [5.41, 5.74) is 5.06. The van der Waals surface area contributed by atoms with Crippen LogP contribution in [0.25, 0.3) is 0 Å². The molecule has 1 heterocycles. The standard InChI is InChI=1S/C15H20N4/c1-10-6-7-12(11(2)8-10)16-9-13-14(15(3,4)5)18-19-17-13/h6-9H,1-5H3,(H,17,18,19). The van der Waals surface area contributed by atoms with Crippen LogP contribution in [0.5, 0.6) is 0 Å². The first kappa shape index (κ1) is 13.5. The fourth-order valence-corrected chi connectivity index (χ4v) is 1.96. The Balaban J connectivity index is 2.31. The number of aliphatic imine (C=N–C) groups is 1. The molecule has 0 aliphatic heterocycles. The zero-order chi connectivity index (χ0) is 14.0. The van der Waals surface area contributed by atoms with Gasteiger partial charge in [0.25, 0.3) is 0 Å². The van der Waals surface area contributed by atoms with Gasteiger partial charge in [-0.25, -0.2) is 0 Å². The number of aromatic amines is 1. The van der Waals surface area contributed by atoms with Gasteiger partial charge in [0.2, 0.25) is 0 Å². The fraction of sp³-hybridized carbons (Fsp3) is 0.400. The molecule has 0 saturated heterocycles. The summed E-state index contributed by atoms with van der Waals surface area (Å²) in [5.74, 6) is 0. The zero-order valence-corrected chi connectivity index (χ0v) is 12.2. The Morgan fingerprint density at radius 3 is 2.53 bits per heavy atom. The molecular weight excluding hydrogens is 236 g/mol. The lowest BCUT2D eigenvalue weighted by Gasteiger charge is -2.14. The number of benzene rings is 1. The fourth-order valence-electron chi connectivity index (χ4n) is 1.96. The summed E-state index contributed by atoms with van der Waals surface area (Å²) >= 11 is 0. The summed E-state index contributed by atoms with van der Waals surface area (Å²) in [6.07, 6.45) is 1.78. The Bertz CT molecular complexity index is 603. The van der Waals surface area contributed by atoms with E-state index in [1.54, 1.807) is 6.21 Å². The highest BCUT2D eigenvalue weighted by Crippen LogP contribution is 2.23. The van der Waals surface area contributed by atoms with Gasteiger partial charge in [-0.05, 0) is 25.5 Å². The van der Waals surface area contributed by atoms with Gasteiger partial charge >= 0.3 is 0 Å². The SMILES string of the molecule is Cc1ccc(N=Cc2n[nH]nc2C(C)(C)C)c(C)c1. The van der Waals surface area contributed by atoms with E-state index in [9.17, 15) is 0 Å². The molecule has 2 aromatic rings. The largest absolute Gasteiger partial charge is 0.254 e. The van der Waals surface area contributed by atoms with Crippen molar-refractivity contribution in [3.63, 3.8) is 0 Å². The Labute approximate surface area is 114 Å². The van der Waals surface area contributed by atoms with Crippen molar-refractivity contribution < 1.29 is 0 Å². The second-order valence-electron chi connectivity index (χ2n) is 5.86. The first-order valence-electron chi connectivity index (χ1n) is 6.40. The van der Waals surface area contributed by atoms with Crippen LogP contribution in [-0.4, -0.2) is 21.6 Å². The lowest BCUT2D eigenvalue weighted by atomic mass is 9.91. The van der Waals surface area contributed by atoms with Crippen LogP contribution in [0.4, 0.5) is 5.69 Å². The van der Waals surface area contributed by atoms with Crippen LogP contribution in [-0.2, 0) is 5.41 Å². The van der Waals surface area contributed by atoms with Crippen molar-refractivity contribution in [2.75, 3.05) is 0 Å². The number of hydrogen-bond donors (Lipinski definition) is 1. The summed E-state index contributed by atoms with van der Waals surface area (Å²) in [4.78, 5) is 4.52. The van der Waals surface area contributed by atoms with Gasteiger partial charge < -0.3 is 0 Å². The van der Waals surface area contributed by atoms with Crippen molar-refractivity contribution >= 4 is 11.9 Å². The summed E-state index contributed by atoms with van der Waals surface area (Å²) < 4.78 is 0. The average Bonchev–Trinajstić information content (AvgIpc) is 2.75. The highest BCUT2D eigenvalue weighted by Gasteiger charge is 2.21. The maximum atomic E-state index is 4.52. The third-order valence-electron chi connectivity index (χ3n) is 2.96. The van der Waals surface area contributed by atoms with Gasteiger partial charge in [0.1, 0.15) is 5.69 Å². The Kier molecular flexibility index (Phi) is 3.51. The van der Waals surface area contributed by atoms with Crippen LogP contribution in [0.2, 0.25) is 0 Å². The predicted molar refractivity (Wildman–Crippen MR) is 78.3 cm³/mol. The van der Waals surface area contributed by atoms with E-state index in [0.29, 0.717) is 0 Å². The number of nitrogens with one attached hydrogen (secondary N) is 1. The molecule has 4 heteroatoms. The van der Waals surface area contributed by atoms with Crippen LogP contribution < -0.4 is 0 Å². The number of H-pyrrole nitrogens is 1. The zero-order valence-electron chi connectivity index (χ0n) is 12.2. The monoisotopic (exact) mass is 256 g/mol. The number of hydrogen-bond acceptors (Lipinski definition) is 3. The topological polar surface area (TPSA) is 53.9 Å². The van der Waals surface area contributed by atoms with Crippen molar-refractivity contribution in [3.05, 3.63) is 40.7 Å². The van der Waals surface area contributed by atoms with E-state index in [-0.39, 0.29) is 5.41 Å². The third-order valence-corrected chi connectivity index (χ3v) is 2.96. The van der Waals surface area contributed by atoms with Gasteiger partial charge in [-0.2, -0.15) is 15.4 Å². The van der Waals surface area contributed by atoms with Crippen LogP contribution >= 0.6 is 0 Å².